The van der Waals surface area contributed by atoms with Gasteiger partial charge < -0.3 is 15.4 Å². The molecule has 0 aromatic heterocycles. The molecule has 2 unspecified atom stereocenters. The summed E-state index contributed by atoms with van der Waals surface area (Å²) >= 11 is 0. The van der Waals surface area contributed by atoms with Gasteiger partial charge in [-0.05, 0) is 45.4 Å². The van der Waals surface area contributed by atoms with Crippen molar-refractivity contribution in [1.82, 2.24) is 4.90 Å². The zero-order valence-corrected chi connectivity index (χ0v) is 14.7. The van der Waals surface area contributed by atoms with Crippen LogP contribution in [0.4, 0.5) is 0 Å². The first-order valence-electron chi connectivity index (χ1n) is 7.19. The van der Waals surface area contributed by atoms with Crippen molar-refractivity contribution >= 4 is 29.9 Å². The number of ether oxygens (including phenoxy) is 1. The van der Waals surface area contributed by atoms with Gasteiger partial charge in [-0.1, -0.05) is 6.92 Å². The van der Waals surface area contributed by atoms with Gasteiger partial charge >= 0.3 is 0 Å². The normalized spacial score (nSPS) is 31.1. The quantitative estimate of drug-likeness (QED) is 0.455. The number of rotatable bonds is 2. The third kappa shape index (κ3) is 5.10. The molecule has 2 heterocycles. The van der Waals surface area contributed by atoms with Gasteiger partial charge in [0.15, 0.2) is 5.96 Å². The minimum absolute atomic E-state index is 0. The summed E-state index contributed by atoms with van der Waals surface area (Å²) in [7, 11) is 0. The minimum Gasteiger partial charge on any atom is -0.370 e. The Morgan fingerprint density at radius 2 is 2.16 bits per heavy atom. The van der Waals surface area contributed by atoms with E-state index >= 15 is 0 Å². The predicted molar refractivity (Wildman–Crippen MR) is 90.1 cm³/mol. The average Bonchev–Trinajstić information content (AvgIpc) is 2.66. The number of aliphatic imine (C=N–C) groups is 1. The fraction of sp³-hybridized carbons (Fsp3) is 0.929. The van der Waals surface area contributed by atoms with Crippen molar-refractivity contribution in [3.63, 3.8) is 0 Å². The second-order valence-corrected chi connectivity index (χ2v) is 6.43. The number of nitrogens with zero attached hydrogens (tertiary/aromatic N) is 2. The summed E-state index contributed by atoms with van der Waals surface area (Å²) in [5, 5.41) is 0. The maximum absolute atomic E-state index is 6.08. The summed E-state index contributed by atoms with van der Waals surface area (Å²) in [6.07, 6.45) is 5.00. The van der Waals surface area contributed by atoms with Crippen LogP contribution in [0.5, 0.6) is 0 Å². The van der Waals surface area contributed by atoms with Gasteiger partial charge in [-0.25, -0.2) is 0 Å². The summed E-state index contributed by atoms with van der Waals surface area (Å²) < 4.78 is 5.93. The van der Waals surface area contributed by atoms with E-state index in [1.807, 2.05) is 0 Å². The standard InChI is InChI=1S/C14H27N3O.HI/c1-11-5-4-8-17(10-11)13(15)16-9-12-6-7-14(2,3)18-12;/h11-12H,4-10H2,1-3H3,(H2,15,16);1H. The molecule has 2 N–H and O–H groups in total. The summed E-state index contributed by atoms with van der Waals surface area (Å²) in [4.78, 5) is 6.74. The van der Waals surface area contributed by atoms with Gasteiger partial charge in [0.25, 0.3) is 0 Å². The molecule has 0 spiro atoms. The summed E-state index contributed by atoms with van der Waals surface area (Å²) in [5.41, 5.74) is 6.10. The maximum Gasteiger partial charge on any atom is 0.191 e. The zero-order chi connectivity index (χ0) is 13.2. The minimum atomic E-state index is 0. The molecule has 19 heavy (non-hydrogen) atoms. The number of guanidine groups is 1. The summed E-state index contributed by atoms with van der Waals surface area (Å²) in [6, 6.07) is 0. The largest absolute Gasteiger partial charge is 0.370 e. The van der Waals surface area contributed by atoms with Crippen molar-refractivity contribution in [1.29, 1.82) is 0 Å². The van der Waals surface area contributed by atoms with Crippen LogP contribution in [0.25, 0.3) is 0 Å². The molecule has 112 valence electrons. The Kier molecular flexibility index (Phi) is 6.36. The molecule has 2 saturated heterocycles. The lowest BCUT2D eigenvalue weighted by Gasteiger charge is -2.31. The van der Waals surface area contributed by atoms with Crippen molar-refractivity contribution in [2.24, 2.45) is 16.6 Å². The van der Waals surface area contributed by atoms with E-state index in [0.717, 1.165) is 31.8 Å². The second kappa shape index (κ2) is 7.11. The van der Waals surface area contributed by atoms with Crippen LogP contribution in [0.1, 0.15) is 46.5 Å². The lowest BCUT2D eigenvalue weighted by atomic mass is 10.0. The second-order valence-electron chi connectivity index (χ2n) is 6.43. The third-order valence-electron chi connectivity index (χ3n) is 3.99. The number of halogens is 1. The van der Waals surface area contributed by atoms with Crippen LogP contribution in [0, 0.1) is 5.92 Å². The third-order valence-corrected chi connectivity index (χ3v) is 3.99. The van der Waals surface area contributed by atoms with Gasteiger partial charge in [0, 0.05) is 13.1 Å². The van der Waals surface area contributed by atoms with Crippen molar-refractivity contribution < 1.29 is 4.74 Å². The molecule has 0 amide bonds. The predicted octanol–water partition coefficient (Wildman–Crippen LogP) is 2.61. The zero-order valence-electron chi connectivity index (χ0n) is 12.4. The van der Waals surface area contributed by atoms with Gasteiger partial charge in [-0.3, -0.25) is 4.99 Å². The van der Waals surface area contributed by atoms with E-state index in [9.17, 15) is 0 Å². The Labute approximate surface area is 134 Å². The van der Waals surface area contributed by atoms with E-state index in [-0.39, 0.29) is 35.7 Å². The molecular formula is C14H28IN3O. The first kappa shape index (κ1) is 17.0. The molecule has 4 nitrogen and oxygen atoms in total. The number of likely N-dealkylation sites (tertiary alicyclic amines) is 1. The molecule has 0 bridgehead atoms. The lowest BCUT2D eigenvalue weighted by molar-refractivity contribution is -0.0107. The van der Waals surface area contributed by atoms with E-state index in [1.54, 1.807) is 0 Å². The Bertz CT molecular complexity index is 320. The molecule has 0 radical (unpaired) electrons. The van der Waals surface area contributed by atoms with Crippen molar-refractivity contribution in [3.05, 3.63) is 0 Å². The molecule has 2 rings (SSSR count). The number of nitrogens with two attached hydrogens (primary N) is 1. The van der Waals surface area contributed by atoms with Crippen LogP contribution in [0.3, 0.4) is 0 Å². The molecule has 0 aromatic carbocycles. The Morgan fingerprint density at radius 3 is 2.74 bits per heavy atom. The molecule has 2 fully saturated rings. The van der Waals surface area contributed by atoms with E-state index in [1.165, 1.54) is 12.8 Å². The van der Waals surface area contributed by atoms with Gasteiger partial charge in [-0.15, -0.1) is 24.0 Å². The van der Waals surface area contributed by atoms with Crippen LogP contribution in [-0.4, -0.2) is 42.2 Å². The van der Waals surface area contributed by atoms with Crippen LogP contribution >= 0.6 is 24.0 Å². The van der Waals surface area contributed by atoms with Crippen LogP contribution in [-0.2, 0) is 4.74 Å². The molecule has 0 aliphatic carbocycles. The van der Waals surface area contributed by atoms with E-state index in [2.05, 4.69) is 30.7 Å². The fourth-order valence-corrected chi connectivity index (χ4v) is 2.90. The molecule has 5 heteroatoms. The van der Waals surface area contributed by atoms with Gasteiger partial charge in [-0.2, -0.15) is 0 Å². The maximum atomic E-state index is 6.08. The molecule has 2 aliphatic rings. The van der Waals surface area contributed by atoms with Crippen molar-refractivity contribution in [2.45, 2.75) is 58.2 Å². The van der Waals surface area contributed by atoms with Gasteiger partial charge in [0.05, 0.1) is 18.2 Å². The monoisotopic (exact) mass is 381 g/mol. The van der Waals surface area contributed by atoms with Crippen LogP contribution < -0.4 is 5.73 Å². The number of piperidine rings is 1. The Balaban J connectivity index is 0.00000180. The highest BCUT2D eigenvalue weighted by Crippen LogP contribution is 2.29. The Morgan fingerprint density at radius 1 is 1.42 bits per heavy atom. The fourth-order valence-electron chi connectivity index (χ4n) is 2.90. The highest BCUT2D eigenvalue weighted by atomic mass is 127. The first-order chi connectivity index (χ1) is 8.46. The average molecular weight is 381 g/mol. The number of hydrogen-bond donors (Lipinski definition) is 1. The van der Waals surface area contributed by atoms with Crippen molar-refractivity contribution in [2.75, 3.05) is 19.6 Å². The SMILES string of the molecule is CC1CCCN(C(N)=NCC2CCC(C)(C)O2)C1.I. The molecule has 2 aliphatic heterocycles. The number of hydrogen-bond acceptors (Lipinski definition) is 2. The van der Waals surface area contributed by atoms with Crippen molar-refractivity contribution in [3.8, 4) is 0 Å². The smallest absolute Gasteiger partial charge is 0.191 e. The van der Waals surface area contributed by atoms with Gasteiger partial charge in [0.2, 0.25) is 0 Å². The first-order valence-corrected chi connectivity index (χ1v) is 7.19. The Hall–Kier alpha value is -0.0400. The molecule has 0 aromatic rings. The van der Waals surface area contributed by atoms with Gasteiger partial charge in [0.1, 0.15) is 0 Å². The van der Waals surface area contributed by atoms with Crippen LogP contribution in [0.15, 0.2) is 4.99 Å². The van der Waals surface area contributed by atoms with Crippen LogP contribution in [0.2, 0.25) is 0 Å². The highest BCUT2D eigenvalue weighted by Gasteiger charge is 2.31. The highest BCUT2D eigenvalue weighted by molar-refractivity contribution is 14.0. The topological polar surface area (TPSA) is 50.8 Å². The van der Waals surface area contributed by atoms with E-state index in [0.29, 0.717) is 12.5 Å². The summed E-state index contributed by atoms with van der Waals surface area (Å²) in [5.74, 6) is 1.43. The molecule has 2 atom stereocenters. The molecular weight excluding hydrogens is 353 g/mol. The van der Waals surface area contributed by atoms with E-state index in [4.69, 9.17) is 10.5 Å². The lowest BCUT2D eigenvalue weighted by Crippen LogP contribution is -2.43. The van der Waals surface area contributed by atoms with E-state index < -0.39 is 0 Å². The summed E-state index contributed by atoms with van der Waals surface area (Å²) in [6.45, 7) is 9.38. The molecule has 0 saturated carbocycles.